The van der Waals surface area contributed by atoms with Crippen LogP contribution >= 0.6 is 24.0 Å². The maximum Gasteiger partial charge on any atom is 0.416 e. The quantitative estimate of drug-likeness (QED) is 0.257. The van der Waals surface area contributed by atoms with Crippen LogP contribution in [0.5, 0.6) is 11.5 Å². The van der Waals surface area contributed by atoms with Crippen LogP contribution in [0.3, 0.4) is 0 Å². The highest BCUT2D eigenvalue weighted by atomic mass is 127. The normalized spacial score (nSPS) is 11.0. The number of hydrogen-bond donors (Lipinski definition) is 2. The number of methoxy groups -OCH3 is 2. The lowest BCUT2D eigenvalue weighted by molar-refractivity contribution is -0.137. The lowest BCUT2D eigenvalue weighted by Crippen LogP contribution is -2.32. The van der Waals surface area contributed by atoms with Gasteiger partial charge in [-0.25, -0.2) is 0 Å². The Hall–Kier alpha value is -2.61. The fraction of sp³-hybridized carbons (Fsp3) is 0.286. The summed E-state index contributed by atoms with van der Waals surface area (Å²) in [5.74, 6) is 6.90. The third kappa shape index (κ3) is 8.02. The zero-order valence-electron chi connectivity index (χ0n) is 16.5. The summed E-state index contributed by atoms with van der Waals surface area (Å²) in [4.78, 5) is 4.20. The zero-order chi connectivity index (χ0) is 21.3. The molecule has 0 aliphatic heterocycles. The van der Waals surface area contributed by atoms with Crippen molar-refractivity contribution in [2.45, 2.75) is 12.6 Å². The summed E-state index contributed by atoms with van der Waals surface area (Å²) in [6.45, 7) is 0.622. The maximum atomic E-state index is 12.7. The molecule has 0 amide bonds. The van der Waals surface area contributed by atoms with Gasteiger partial charge in [0.15, 0.2) is 17.5 Å². The van der Waals surface area contributed by atoms with Gasteiger partial charge in [-0.15, -0.1) is 24.0 Å². The first-order valence-electron chi connectivity index (χ1n) is 8.74. The summed E-state index contributed by atoms with van der Waals surface area (Å²) in [7, 11) is 3.15. The summed E-state index contributed by atoms with van der Waals surface area (Å²) in [6, 6.07) is 10.5. The third-order valence-electron chi connectivity index (χ3n) is 3.91. The highest BCUT2D eigenvalue weighted by Gasteiger charge is 2.30. The second-order valence-corrected chi connectivity index (χ2v) is 5.94. The van der Waals surface area contributed by atoms with Gasteiger partial charge in [0.1, 0.15) is 0 Å². The van der Waals surface area contributed by atoms with E-state index in [1.165, 1.54) is 12.1 Å². The first-order valence-corrected chi connectivity index (χ1v) is 8.74. The van der Waals surface area contributed by atoms with Gasteiger partial charge in [-0.1, -0.05) is 24.0 Å². The van der Waals surface area contributed by atoms with E-state index in [0.29, 0.717) is 24.5 Å². The maximum absolute atomic E-state index is 12.7. The van der Waals surface area contributed by atoms with Crippen LogP contribution in [-0.2, 0) is 12.6 Å². The molecule has 0 bridgehead atoms. The monoisotopic (exact) mass is 533 g/mol. The summed E-state index contributed by atoms with van der Waals surface area (Å²) < 4.78 is 48.5. The summed E-state index contributed by atoms with van der Waals surface area (Å²) in [5.41, 5.74) is 6.35. The van der Waals surface area contributed by atoms with Gasteiger partial charge < -0.3 is 20.5 Å². The second-order valence-electron chi connectivity index (χ2n) is 5.94. The van der Waals surface area contributed by atoms with Gasteiger partial charge in [0.25, 0.3) is 0 Å². The van der Waals surface area contributed by atoms with Crippen LogP contribution in [0.2, 0.25) is 0 Å². The van der Waals surface area contributed by atoms with Crippen molar-refractivity contribution >= 4 is 29.9 Å². The van der Waals surface area contributed by atoms with Crippen LogP contribution in [0.15, 0.2) is 47.5 Å². The van der Waals surface area contributed by atoms with Crippen LogP contribution in [-0.4, -0.2) is 33.3 Å². The topological polar surface area (TPSA) is 68.9 Å². The number of alkyl halides is 3. The number of rotatable bonds is 6. The van der Waals surface area contributed by atoms with Crippen molar-refractivity contribution in [1.82, 2.24) is 5.32 Å². The number of aliphatic imine (C=N–C) groups is 1. The Morgan fingerprint density at radius 3 is 2.50 bits per heavy atom. The fourth-order valence-corrected chi connectivity index (χ4v) is 2.45. The number of guanidine groups is 1. The van der Waals surface area contributed by atoms with E-state index in [1.54, 1.807) is 14.2 Å². The minimum absolute atomic E-state index is 0. The van der Waals surface area contributed by atoms with Crippen molar-refractivity contribution in [3.05, 3.63) is 59.2 Å². The predicted octanol–water partition coefficient (Wildman–Crippen LogP) is 3.84. The molecule has 0 saturated heterocycles. The zero-order valence-corrected chi connectivity index (χ0v) is 18.9. The molecule has 0 saturated carbocycles. The first kappa shape index (κ1) is 25.4. The first-order chi connectivity index (χ1) is 13.8. The van der Waals surface area contributed by atoms with Gasteiger partial charge in [0.2, 0.25) is 0 Å². The molecule has 0 unspecified atom stereocenters. The number of halogens is 4. The molecule has 2 aromatic carbocycles. The molecule has 0 aromatic heterocycles. The number of nitrogens with two attached hydrogens (primary N) is 1. The largest absolute Gasteiger partial charge is 0.493 e. The van der Waals surface area contributed by atoms with Crippen LogP contribution in [0.1, 0.15) is 16.7 Å². The Labute approximate surface area is 190 Å². The molecule has 0 fully saturated rings. The molecule has 0 atom stereocenters. The minimum atomic E-state index is -4.39. The molecule has 0 heterocycles. The Kier molecular flexibility index (Phi) is 10.3. The number of nitrogens with one attached hydrogen (secondary N) is 1. The molecule has 5 nitrogen and oxygen atoms in total. The lowest BCUT2D eigenvalue weighted by atomic mass is 10.1. The Morgan fingerprint density at radius 2 is 1.83 bits per heavy atom. The molecule has 9 heteroatoms. The summed E-state index contributed by atoms with van der Waals surface area (Å²) in [5, 5.41) is 2.81. The Bertz CT molecular complexity index is 922. The minimum Gasteiger partial charge on any atom is -0.493 e. The van der Waals surface area contributed by atoms with Crippen molar-refractivity contribution in [2.24, 2.45) is 10.7 Å². The van der Waals surface area contributed by atoms with Crippen LogP contribution < -0.4 is 20.5 Å². The Balaban J connectivity index is 0.00000450. The smallest absolute Gasteiger partial charge is 0.416 e. The third-order valence-corrected chi connectivity index (χ3v) is 3.91. The molecule has 0 radical (unpaired) electrons. The van der Waals surface area contributed by atoms with Crippen molar-refractivity contribution in [1.29, 1.82) is 0 Å². The van der Waals surface area contributed by atoms with E-state index < -0.39 is 11.7 Å². The predicted molar refractivity (Wildman–Crippen MR) is 121 cm³/mol. The highest BCUT2D eigenvalue weighted by molar-refractivity contribution is 14.0. The number of hydrogen-bond acceptors (Lipinski definition) is 3. The van der Waals surface area contributed by atoms with Gasteiger partial charge in [-0.3, -0.25) is 4.99 Å². The van der Waals surface area contributed by atoms with Crippen LogP contribution in [0.25, 0.3) is 0 Å². The van der Waals surface area contributed by atoms with Gasteiger partial charge in [0.05, 0.1) is 26.3 Å². The van der Waals surface area contributed by atoms with Crippen molar-refractivity contribution < 1.29 is 22.6 Å². The molecule has 2 aromatic rings. The molecule has 0 aliphatic rings. The van der Waals surface area contributed by atoms with Crippen molar-refractivity contribution in [3.63, 3.8) is 0 Å². The van der Waals surface area contributed by atoms with E-state index in [4.69, 9.17) is 15.2 Å². The second kappa shape index (κ2) is 12.2. The van der Waals surface area contributed by atoms with E-state index in [9.17, 15) is 13.2 Å². The van der Waals surface area contributed by atoms with E-state index in [-0.39, 0.29) is 42.0 Å². The number of benzene rings is 2. The molecule has 3 N–H and O–H groups in total. The number of ether oxygens (including phenoxy) is 2. The molecule has 162 valence electrons. The van der Waals surface area contributed by atoms with E-state index in [0.717, 1.165) is 17.7 Å². The highest BCUT2D eigenvalue weighted by Crippen LogP contribution is 2.29. The molecule has 30 heavy (non-hydrogen) atoms. The fourth-order valence-electron chi connectivity index (χ4n) is 2.45. The lowest BCUT2D eigenvalue weighted by Gasteiger charge is -2.09. The molecular formula is C21H23F3IN3O2. The SMILES string of the molecule is COc1ccc(CCN=C(N)NCC#Cc2cccc(C(F)(F)F)c2)cc1OC.I. The van der Waals surface area contributed by atoms with Crippen LogP contribution in [0, 0.1) is 11.8 Å². The average Bonchev–Trinajstić information content (AvgIpc) is 2.70. The van der Waals surface area contributed by atoms with Gasteiger partial charge in [-0.05, 0) is 42.3 Å². The van der Waals surface area contributed by atoms with Crippen molar-refractivity contribution in [2.75, 3.05) is 27.3 Å². The summed E-state index contributed by atoms with van der Waals surface area (Å²) in [6.07, 6.45) is -3.74. The average molecular weight is 533 g/mol. The summed E-state index contributed by atoms with van der Waals surface area (Å²) >= 11 is 0. The number of nitrogens with zero attached hydrogens (tertiary/aromatic N) is 1. The van der Waals surface area contributed by atoms with Gasteiger partial charge in [0, 0.05) is 12.1 Å². The van der Waals surface area contributed by atoms with E-state index >= 15 is 0 Å². The molecule has 0 aliphatic carbocycles. The standard InChI is InChI=1S/C21H22F3N3O2.HI/c1-28-18-9-8-16(14-19(18)29-2)10-12-27-20(25)26-11-4-6-15-5-3-7-17(13-15)21(22,23)24;/h3,5,7-9,13-14H,10-12H2,1-2H3,(H3,25,26,27);1H. The van der Waals surface area contributed by atoms with Gasteiger partial charge in [-0.2, -0.15) is 13.2 Å². The van der Waals surface area contributed by atoms with Gasteiger partial charge >= 0.3 is 6.18 Å². The molecular weight excluding hydrogens is 510 g/mol. The molecule has 2 rings (SSSR count). The van der Waals surface area contributed by atoms with Crippen LogP contribution in [0.4, 0.5) is 13.2 Å². The van der Waals surface area contributed by atoms with E-state index in [2.05, 4.69) is 22.2 Å². The van der Waals surface area contributed by atoms with Crippen molar-refractivity contribution in [3.8, 4) is 23.3 Å². The Morgan fingerprint density at radius 1 is 1.10 bits per heavy atom. The van der Waals surface area contributed by atoms with E-state index in [1.807, 2.05) is 18.2 Å². The molecule has 0 spiro atoms.